The molecule has 1 atom stereocenters. The van der Waals surface area contributed by atoms with E-state index in [0.717, 1.165) is 18.8 Å². The van der Waals surface area contributed by atoms with Crippen LogP contribution in [-0.4, -0.2) is 54.6 Å². The molecule has 30 heavy (non-hydrogen) atoms. The molecule has 6 heteroatoms. The summed E-state index contributed by atoms with van der Waals surface area (Å²) in [7, 11) is 1.94. The van der Waals surface area contributed by atoms with E-state index in [1.165, 1.54) is 35.4 Å². The number of urea groups is 1. The smallest absolute Gasteiger partial charge is 0.333 e. The molecule has 0 aromatic heterocycles. The number of anilines is 2. The molecule has 0 aliphatic carbocycles. The van der Waals surface area contributed by atoms with Gasteiger partial charge in [-0.05, 0) is 63.1 Å². The van der Waals surface area contributed by atoms with E-state index in [1.54, 1.807) is 11.8 Å². The van der Waals surface area contributed by atoms with E-state index < -0.39 is 6.04 Å². The van der Waals surface area contributed by atoms with Crippen LogP contribution in [0.3, 0.4) is 0 Å². The SMILES string of the molecule is CC1C(=O)N(CN(C)Cc2ccc(N3CCCCC3)cc2)C(=O)N1c1ccccc1. The predicted octanol–water partition coefficient (Wildman–Crippen LogP) is 3.92. The van der Waals surface area contributed by atoms with Crippen molar-refractivity contribution in [2.45, 2.75) is 38.8 Å². The third kappa shape index (κ3) is 4.19. The molecule has 4 rings (SSSR count). The van der Waals surface area contributed by atoms with Gasteiger partial charge in [0.05, 0.1) is 6.67 Å². The number of para-hydroxylation sites is 1. The van der Waals surface area contributed by atoms with Crippen molar-refractivity contribution in [3.05, 3.63) is 60.2 Å². The lowest BCUT2D eigenvalue weighted by Crippen LogP contribution is -2.40. The van der Waals surface area contributed by atoms with Crippen LogP contribution >= 0.6 is 0 Å². The first-order valence-corrected chi connectivity index (χ1v) is 10.8. The molecule has 0 N–H and O–H groups in total. The maximum atomic E-state index is 12.9. The second-order valence-electron chi connectivity index (χ2n) is 8.30. The maximum absolute atomic E-state index is 12.9. The monoisotopic (exact) mass is 406 g/mol. The minimum Gasteiger partial charge on any atom is -0.372 e. The second kappa shape index (κ2) is 8.88. The lowest BCUT2D eigenvalue weighted by Gasteiger charge is -2.29. The third-order valence-corrected chi connectivity index (χ3v) is 5.97. The van der Waals surface area contributed by atoms with Gasteiger partial charge >= 0.3 is 6.03 Å². The number of hydrogen-bond donors (Lipinski definition) is 0. The van der Waals surface area contributed by atoms with Crippen molar-refractivity contribution in [2.75, 3.05) is 36.6 Å². The first-order valence-electron chi connectivity index (χ1n) is 10.8. The number of carbonyl (C=O) groups is 2. The van der Waals surface area contributed by atoms with Crippen molar-refractivity contribution in [3.8, 4) is 0 Å². The van der Waals surface area contributed by atoms with Crippen molar-refractivity contribution in [1.29, 1.82) is 0 Å². The molecule has 2 aliphatic heterocycles. The Kier molecular flexibility index (Phi) is 6.04. The quantitative estimate of drug-likeness (QED) is 0.682. The number of carbonyl (C=O) groups excluding carboxylic acids is 2. The van der Waals surface area contributed by atoms with Crippen LogP contribution in [0, 0.1) is 0 Å². The number of benzene rings is 2. The average molecular weight is 407 g/mol. The number of imide groups is 1. The Hall–Kier alpha value is -2.86. The Morgan fingerprint density at radius 3 is 2.23 bits per heavy atom. The summed E-state index contributed by atoms with van der Waals surface area (Å²) < 4.78 is 0. The van der Waals surface area contributed by atoms with Crippen LogP contribution in [0.4, 0.5) is 16.2 Å². The molecule has 0 saturated carbocycles. The van der Waals surface area contributed by atoms with Gasteiger partial charge in [-0.25, -0.2) is 9.69 Å². The summed E-state index contributed by atoms with van der Waals surface area (Å²) in [6.45, 7) is 5.01. The van der Waals surface area contributed by atoms with Crippen molar-refractivity contribution in [1.82, 2.24) is 9.80 Å². The molecule has 2 aromatic carbocycles. The summed E-state index contributed by atoms with van der Waals surface area (Å²) in [5.74, 6) is -0.156. The molecule has 3 amide bonds. The molecule has 0 radical (unpaired) electrons. The molecule has 2 fully saturated rings. The highest BCUT2D eigenvalue weighted by Gasteiger charge is 2.43. The van der Waals surface area contributed by atoms with Crippen molar-refractivity contribution in [3.63, 3.8) is 0 Å². The third-order valence-electron chi connectivity index (χ3n) is 5.97. The van der Waals surface area contributed by atoms with Gasteiger partial charge in [-0.15, -0.1) is 0 Å². The lowest BCUT2D eigenvalue weighted by atomic mass is 10.1. The van der Waals surface area contributed by atoms with Crippen molar-refractivity contribution < 1.29 is 9.59 Å². The zero-order valence-corrected chi connectivity index (χ0v) is 17.8. The fourth-order valence-corrected chi connectivity index (χ4v) is 4.35. The standard InChI is InChI=1S/C24H30N4O2/c1-19-23(29)27(24(30)28(19)22-9-5-3-6-10-22)18-25(2)17-20-11-13-21(14-12-20)26-15-7-4-8-16-26/h3,5-6,9-14,19H,4,7-8,15-18H2,1-2H3. The summed E-state index contributed by atoms with van der Waals surface area (Å²) in [5, 5.41) is 0. The van der Waals surface area contributed by atoms with E-state index in [2.05, 4.69) is 29.2 Å². The summed E-state index contributed by atoms with van der Waals surface area (Å²) in [4.78, 5) is 33.0. The Bertz CT molecular complexity index is 878. The number of rotatable bonds is 6. The highest BCUT2D eigenvalue weighted by Crippen LogP contribution is 2.26. The first kappa shape index (κ1) is 20.4. The molecular weight excluding hydrogens is 376 g/mol. The molecule has 2 heterocycles. The molecule has 2 aromatic rings. The molecule has 0 bridgehead atoms. The Balaban J connectivity index is 1.38. The number of piperidine rings is 1. The van der Waals surface area contributed by atoms with Crippen LogP contribution in [-0.2, 0) is 11.3 Å². The Morgan fingerprint density at radius 1 is 0.900 bits per heavy atom. The normalized spacial score (nSPS) is 19.8. The molecule has 0 spiro atoms. The zero-order chi connectivity index (χ0) is 21.1. The van der Waals surface area contributed by atoms with E-state index >= 15 is 0 Å². The van der Waals surface area contributed by atoms with Crippen LogP contribution in [0.1, 0.15) is 31.7 Å². The average Bonchev–Trinajstić information content (AvgIpc) is 2.98. The molecule has 2 aliphatic rings. The molecular formula is C24H30N4O2. The first-order chi connectivity index (χ1) is 14.5. The Labute approximate surface area is 178 Å². The van der Waals surface area contributed by atoms with E-state index in [0.29, 0.717) is 6.54 Å². The fourth-order valence-electron chi connectivity index (χ4n) is 4.35. The van der Waals surface area contributed by atoms with E-state index in [4.69, 9.17) is 0 Å². The summed E-state index contributed by atoms with van der Waals surface area (Å²) >= 11 is 0. The second-order valence-corrected chi connectivity index (χ2v) is 8.30. The topological polar surface area (TPSA) is 47.1 Å². The van der Waals surface area contributed by atoms with E-state index in [-0.39, 0.29) is 18.6 Å². The Morgan fingerprint density at radius 2 is 1.57 bits per heavy atom. The molecule has 6 nitrogen and oxygen atoms in total. The van der Waals surface area contributed by atoms with Crippen LogP contribution in [0.15, 0.2) is 54.6 Å². The van der Waals surface area contributed by atoms with Crippen molar-refractivity contribution in [2.24, 2.45) is 0 Å². The van der Waals surface area contributed by atoms with E-state index in [9.17, 15) is 9.59 Å². The fraction of sp³-hybridized carbons (Fsp3) is 0.417. The van der Waals surface area contributed by atoms with Gasteiger partial charge in [-0.3, -0.25) is 14.6 Å². The van der Waals surface area contributed by atoms with Gasteiger partial charge in [0, 0.05) is 31.0 Å². The highest BCUT2D eigenvalue weighted by molar-refractivity contribution is 6.13. The summed E-state index contributed by atoms with van der Waals surface area (Å²) in [6, 6.07) is 17.3. The van der Waals surface area contributed by atoms with Crippen molar-refractivity contribution >= 4 is 23.3 Å². The zero-order valence-electron chi connectivity index (χ0n) is 17.8. The van der Waals surface area contributed by atoms with Gasteiger partial charge in [0.2, 0.25) is 0 Å². The van der Waals surface area contributed by atoms with Crippen LogP contribution in [0.2, 0.25) is 0 Å². The minimum atomic E-state index is -0.489. The largest absolute Gasteiger partial charge is 0.372 e. The van der Waals surface area contributed by atoms with Gasteiger partial charge in [0.15, 0.2) is 0 Å². The minimum absolute atomic E-state index is 0.156. The van der Waals surface area contributed by atoms with Crippen LogP contribution in [0.5, 0.6) is 0 Å². The highest BCUT2D eigenvalue weighted by atomic mass is 16.2. The molecule has 2 saturated heterocycles. The predicted molar refractivity (Wildman–Crippen MR) is 119 cm³/mol. The van der Waals surface area contributed by atoms with Crippen LogP contribution in [0.25, 0.3) is 0 Å². The number of hydrogen-bond acceptors (Lipinski definition) is 4. The number of nitrogens with zero attached hydrogens (tertiary/aromatic N) is 4. The number of amides is 3. The summed E-state index contributed by atoms with van der Waals surface area (Å²) in [6.07, 6.45) is 3.86. The lowest BCUT2D eigenvalue weighted by molar-refractivity contribution is -0.128. The van der Waals surface area contributed by atoms with Crippen LogP contribution < -0.4 is 9.80 Å². The van der Waals surface area contributed by atoms with Gasteiger partial charge < -0.3 is 4.90 Å². The van der Waals surface area contributed by atoms with Gasteiger partial charge in [-0.2, -0.15) is 0 Å². The maximum Gasteiger partial charge on any atom is 0.333 e. The van der Waals surface area contributed by atoms with Gasteiger partial charge in [0.25, 0.3) is 5.91 Å². The molecule has 158 valence electrons. The molecule has 1 unspecified atom stereocenters. The van der Waals surface area contributed by atoms with E-state index in [1.807, 2.05) is 42.3 Å². The van der Waals surface area contributed by atoms with Gasteiger partial charge in [0.1, 0.15) is 6.04 Å². The van der Waals surface area contributed by atoms with Gasteiger partial charge in [-0.1, -0.05) is 30.3 Å². The summed E-state index contributed by atoms with van der Waals surface area (Å²) in [5.41, 5.74) is 3.20.